The molecule has 0 aromatic carbocycles. The highest BCUT2D eigenvalue weighted by atomic mass is 127. The summed E-state index contributed by atoms with van der Waals surface area (Å²) in [5.74, 6) is 0.984. The molecule has 2 aliphatic rings. The number of halogens is 1. The van der Waals surface area contributed by atoms with E-state index in [1.54, 1.807) is 7.11 Å². The van der Waals surface area contributed by atoms with Crippen molar-refractivity contribution in [2.24, 2.45) is 10.4 Å². The number of aliphatic imine (C=N–C) groups is 1. The Labute approximate surface area is 171 Å². The molecule has 1 aliphatic carbocycles. The van der Waals surface area contributed by atoms with Gasteiger partial charge in [0.05, 0.1) is 0 Å². The van der Waals surface area contributed by atoms with Crippen LogP contribution in [-0.4, -0.2) is 63.8 Å². The van der Waals surface area contributed by atoms with Gasteiger partial charge in [-0.1, -0.05) is 19.3 Å². The Morgan fingerprint density at radius 1 is 1.08 bits per heavy atom. The van der Waals surface area contributed by atoms with Crippen molar-refractivity contribution in [3.63, 3.8) is 0 Å². The quantitative estimate of drug-likeness (QED) is 0.311. The summed E-state index contributed by atoms with van der Waals surface area (Å²) in [6, 6.07) is 0. The smallest absolute Gasteiger partial charge is 0.191 e. The zero-order valence-corrected chi connectivity index (χ0v) is 18.6. The molecule has 2 fully saturated rings. The van der Waals surface area contributed by atoms with E-state index in [1.165, 1.54) is 58.0 Å². The highest BCUT2D eigenvalue weighted by molar-refractivity contribution is 14.0. The number of nitrogens with zero attached hydrogens (tertiary/aromatic N) is 2. The van der Waals surface area contributed by atoms with Crippen molar-refractivity contribution >= 4 is 29.9 Å². The van der Waals surface area contributed by atoms with Crippen LogP contribution in [-0.2, 0) is 4.74 Å². The Balaban J connectivity index is 0.00000312. The Morgan fingerprint density at radius 2 is 1.80 bits per heavy atom. The van der Waals surface area contributed by atoms with E-state index in [1.807, 2.05) is 0 Å². The van der Waals surface area contributed by atoms with Crippen molar-refractivity contribution in [1.82, 2.24) is 15.5 Å². The third-order valence-electron chi connectivity index (χ3n) is 5.59. The zero-order chi connectivity index (χ0) is 17.1. The fourth-order valence-electron chi connectivity index (χ4n) is 4.03. The lowest BCUT2D eigenvalue weighted by Gasteiger charge is -2.28. The summed E-state index contributed by atoms with van der Waals surface area (Å²) in [4.78, 5) is 7.49. The van der Waals surface area contributed by atoms with E-state index in [9.17, 15) is 0 Å². The van der Waals surface area contributed by atoms with Gasteiger partial charge in [0.15, 0.2) is 5.96 Å². The second kappa shape index (κ2) is 13.1. The molecule has 25 heavy (non-hydrogen) atoms. The molecule has 2 rings (SSSR count). The molecule has 0 unspecified atom stereocenters. The standard InChI is InChI=1S/C19H38N4O.HI/c1-3-20-18(21-12-15-23-13-7-4-8-14-23)22-17-19(11-16-24-2)9-5-6-10-19;/h3-17H2,1-2H3,(H2,20,21,22);1H. The van der Waals surface area contributed by atoms with Crippen molar-refractivity contribution < 1.29 is 4.74 Å². The van der Waals surface area contributed by atoms with Gasteiger partial charge in [0.25, 0.3) is 0 Å². The van der Waals surface area contributed by atoms with E-state index in [4.69, 9.17) is 9.73 Å². The molecule has 0 bridgehead atoms. The van der Waals surface area contributed by atoms with Gasteiger partial charge in [0.2, 0.25) is 0 Å². The molecule has 0 radical (unpaired) electrons. The first kappa shape index (κ1) is 23.0. The van der Waals surface area contributed by atoms with Crippen molar-refractivity contribution in [1.29, 1.82) is 0 Å². The molecule has 0 aromatic heterocycles. The number of nitrogens with one attached hydrogen (secondary N) is 2. The van der Waals surface area contributed by atoms with E-state index >= 15 is 0 Å². The van der Waals surface area contributed by atoms with E-state index in [-0.39, 0.29) is 24.0 Å². The van der Waals surface area contributed by atoms with Gasteiger partial charge in [-0.05, 0) is 57.5 Å². The second-order valence-electron chi connectivity index (χ2n) is 7.47. The molecular weight excluding hydrogens is 427 g/mol. The maximum absolute atomic E-state index is 5.33. The second-order valence-corrected chi connectivity index (χ2v) is 7.47. The molecule has 148 valence electrons. The summed E-state index contributed by atoms with van der Waals surface area (Å²) < 4.78 is 5.33. The fourth-order valence-corrected chi connectivity index (χ4v) is 4.03. The predicted octanol–water partition coefficient (Wildman–Crippen LogP) is 3.24. The number of methoxy groups -OCH3 is 1. The molecule has 0 aromatic rings. The maximum atomic E-state index is 5.33. The van der Waals surface area contributed by atoms with Crippen LogP contribution in [0.3, 0.4) is 0 Å². The zero-order valence-electron chi connectivity index (χ0n) is 16.3. The predicted molar refractivity (Wildman–Crippen MR) is 117 cm³/mol. The molecule has 1 heterocycles. The Hall–Kier alpha value is -0.0800. The van der Waals surface area contributed by atoms with Crippen LogP contribution in [0.25, 0.3) is 0 Å². The first-order valence-corrected chi connectivity index (χ1v) is 10.0. The van der Waals surface area contributed by atoms with Crippen molar-refractivity contribution in [2.75, 3.05) is 53.0 Å². The number of guanidine groups is 1. The molecule has 5 nitrogen and oxygen atoms in total. The monoisotopic (exact) mass is 466 g/mol. The van der Waals surface area contributed by atoms with Crippen LogP contribution in [0.2, 0.25) is 0 Å². The lowest BCUT2D eigenvalue weighted by molar-refractivity contribution is 0.141. The number of rotatable bonds is 9. The highest BCUT2D eigenvalue weighted by Crippen LogP contribution is 2.41. The number of likely N-dealkylation sites (tertiary alicyclic amines) is 1. The summed E-state index contributed by atoms with van der Waals surface area (Å²) >= 11 is 0. The molecule has 0 amide bonds. The summed E-state index contributed by atoms with van der Waals surface area (Å²) in [6.45, 7) is 9.46. The average Bonchev–Trinajstić information content (AvgIpc) is 3.08. The topological polar surface area (TPSA) is 48.9 Å². The lowest BCUT2D eigenvalue weighted by atomic mass is 9.83. The minimum Gasteiger partial charge on any atom is -0.385 e. The highest BCUT2D eigenvalue weighted by Gasteiger charge is 2.33. The van der Waals surface area contributed by atoms with E-state index in [2.05, 4.69) is 22.5 Å². The molecule has 1 saturated heterocycles. The number of hydrogen-bond donors (Lipinski definition) is 2. The first-order valence-electron chi connectivity index (χ1n) is 10.0. The number of hydrogen-bond acceptors (Lipinski definition) is 3. The number of piperidine rings is 1. The van der Waals surface area contributed by atoms with E-state index in [0.717, 1.165) is 45.2 Å². The molecule has 1 saturated carbocycles. The van der Waals surface area contributed by atoms with Gasteiger partial charge in [-0.25, -0.2) is 0 Å². The third-order valence-corrected chi connectivity index (χ3v) is 5.59. The first-order chi connectivity index (χ1) is 11.8. The van der Waals surface area contributed by atoms with Gasteiger partial charge in [0.1, 0.15) is 0 Å². The molecule has 0 spiro atoms. The van der Waals surface area contributed by atoms with Crippen molar-refractivity contribution in [3.8, 4) is 0 Å². The van der Waals surface area contributed by atoms with Gasteiger partial charge in [-0.3, -0.25) is 4.99 Å². The SMILES string of the molecule is CCNC(=NCC1(CCOC)CCCC1)NCCN1CCCCC1.I. The van der Waals surface area contributed by atoms with Crippen LogP contribution >= 0.6 is 24.0 Å². The molecule has 6 heteroatoms. The van der Waals surface area contributed by atoms with Crippen molar-refractivity contribution in [3.05, 3.63) is 0 Å². The number of ether oxygens (including phenoxy) is 1. The van der Waals surface area contributed by atoms with Gasteiger partial charge in [-0.2, -0.15) is 0 Å². The lowest BCUT2D eigenvalue weighted by Crippen LogP contribution is -2.43. The minimum atomic E-state index is 0. The summed E-state index contributed by atoms with van der Waals surface area (Å²) in [5, 5.41) is 6.94. The van der Waals surface area contributed by atoms with Crippen LogP contribution < -0.4 is 10.6 Å². The Kier molecular flexibility index (Phi) is 12.1. The molecule has 0 atom stereocenters. The summed E-state index contributed by atoms with van der Waals surface area (Å²) in [5.41, 5.74) is 0.366. The van der Waals surface area contributed by atoms with Crippen LogP contribution in [0.4, 0.5) is 0 Å². The maximum Gasteiger partial charge on any atom is 0.191 e. The molecule has 2 N–H and O–H groups in total. The van der Waals surface area contributed by atoms with Crippen molar-refractivity contribution in [2.45, 2.75) is 58.3 Å². The molecule has 1 aliphatic heterocycles. The van der Waals surface area contributed by atoms with Crippen LogP contribution in [0.5, 0.6) is 0 Å². The van der Waals surface area contributed by atoms with Gasteiger partial charge in [-0.15, -0.1) is 24.0 Å². The summed E-state index contributed by atoms with van der Waals surface area (Å²) in [7, 11) is 1.80. The fraction of sp³-hybridized carbons (Fsp3) is 0.947. The third kappa shape index (κ3) is 8.43. The van der Waals surface area contributed by atoms with Gasteiger partial charge >= 0.3 is 0 Å². The largest absolute Gasteiger partial charge is 0.385 e. The van der Waals surface area contributed by atoms with Gasteiger partial charge < -0.3 is 20.3 Å². The van der Waals surface area contributed by atoms with E-state index < -0.39 is 0 Å². The van der Waals surface area contributed by atoms with Crippen LogP contribution in [0.15, 0.2) is 4.99 Å². The Morgan fingerprint density at radius 3 is 2.44 bits per heavy atom. The normalized spacial score (nSPS) is 21.0. The Bertz CT molecular complexity index is 366. The van der Waals surface area contributed by atoms with Gasteiger partial charge in [0, 0.05) is 39.9 Å². The summed E-state index contributed by atoms with van der Waals surface area (Å²) in [6.07, 6.45) is 10.5. The van der Waals surface area contributed by atoms with E-state index in [0.29, 0.717) is 5.41 Å². The average molecular weight is 466 g/mol. The van der Waals surface area contributed by atoms with Crippen LogP contribution in [0.1, 0.15) is 58.3 Å². The van der Waals surface area contributed by atoms with Crippen LogP contribution in [0, 0.1) is 5.41 Å². The molecular formula is C19H39IN4O. The minimum absolute atomic E-state index is 0.